The SMILES string of the molecule is CC1CCCN(c2ccc(-c3ccco3)cc2)C1. The van der Waals surface area contributed by atoms with Crippen LogP contribution in [0.3, 0.4) is 0 Å². The highest BCUT2D eigenvalue weighted by Crippen LogP contribution is 2.26. The number of hydrogen-bond acceptors (Lipinski definition) is 2. The number of furan rings is 1. The summed E-state index contributed by atoms with van der Waals surface area (Å²) >= 11 is 0. The zero-order valence-corrected chi connectivity index (χ0v) is 10.8. The zero-order chi connectivity index (χ0) is 12.4. The van der Waals surface area contributed by atoms with E-state index < -0.39 is 0 Å². The molecule has 94 valence electrons. The van der Waals surface area contributed by atoms with Crippen molar-refractivity contribution < 1.29 is 4.42 Å². The van der Waals surface area contributed by atoms with Gasteiger partial charge in [0.25, 0.3) is 0 Å². The molecule has 1 aromatic heterocycles. The molecule has 2 heteroatoms. The van der Waals surface area contributed by atoms with Gasteiger partial charge in [-0.3, -0.25) is 0 Å². The number of rotatable bonds is 2. The van der Waals surface area contributed by atoms with Crippen LogP contribution in [0.1, 0.15) is 19.8 Å². The van der Waals surface area contributed by atoms with E-state index in [2.05, 4.69) is 36.1 Å². The number of nitrogens with zero attached hydrogens (tertiary/aromatic N) is 1. The Morgan fingerprint density at radius 3 is 2.67 bits per heavy atom. The molecule has 0 bridgehead atoms. The molecule has 0 spiro atoms. The lowest BCUT2D eigenvalue weighted by Gasteiger charge is -2.32. The van der Waals surface area contributed by atoms with Gasteiger partial charge in [0.2, 0.25) is 0 Å². The molecule has 1 fully saturated rings. The summed E-state index contributed by atoms with van der Waals surface area (Å²) in [6.07, 6.45) is 4.39. The van der Waals surface area contributed by atoms with Crippen molar-refractivity contribution in [1.82, 2.24) is 0 Å². The van der Waals surface area contributed by atoms with E-state index in [-0.39, 0.29) is 0 Å². The van der Waals surface area contributed by atoms with Crippen LogP contribution in [-0.2, 0) is 0 Å². The second-order valence-electron chi connectivity index (χ2n) is 5.22. The lowest BCUT2D eigenvalue weighted by Crippen LogP contribution is -2.34. The summed E-state index contributed by atoms with van der Waals surface area (Å²) in [5.41, 5.74) is 2.48. The summed E-state index contributed by atoms with van der Waals surface area (Å²) in [5.74, 6) is 1.75. The first kappa shape index (κ1) is 11.4. The van der Waals surface area contributed by atoms with Crippen molar-refractivity contribution in [2.75, 3.05) is 18.0 Å². The van der Waals surface area contributed by atoms with E-state index in [9.17, 15) is 0 Å². The fraction of sp³-hybridized carbons (Fsp3) is 0.375. The predicted octanol–water partition coefficient (Wildman–Crippen LogP) is 4.18. The summed E-state index contributed by atoms with van der Waals surface area (Å²) < 4.78 is 5.41. The van der Waals surface area contributed by atoms with Crippen molar-refractivity contribution in [3.05, 3.63) is 42.7 Å². The first-order valence-corrected chi connectivity index (χ1v) is 6.72. The van der Waals surface area contributed by atoms with Crippen LogP contribution >= 0.6 is 0 Å². The van der Waals surface area contributed by atoms with Crippen molar-refractivity contribution in [2.24, 2.45) is 5.92 Å². The lowest BCUT2D eigenvalue weighted by atomic mass is 9.99. The summed E-state index contributed by atoms with van der Waals surface area (Å²) in [6.45, 7) is 4.70. The van der Waals surface area contributed by atoms with Crippen LogP contribution in [0.4, 0.5) is 5.69 Å². The van der Waals surface area contributed by atoms with E-state index in [0.717, 1.165) is 17.2 Å². The Bertz CT molecular complexity index is 486. The minimum atomic E-state index is 0.809. The van der Waals surface area contributed by atoms with Gasteiger partial charge in [0.05, 0.1) is 6.26 Å². The standard InChI is InChI=1S/C16H19NO/c1-13-4-2-10-17(12-13)15-8-6-14(7-9-15)16-5-3-11-18-16/h3,5-9,11,13H,2,4,10,12H2,1H3. The number of hydrogen-bond donors (Lipinski definition) is 0. The van der Waals surface area contributed by atoms with E-state index in [0.29, 0.717) is 0 Å². The van der Waals surface area contributed by atoms with Crippen molar-refractivity contribution in [3.8, 4) is 11.3 Å². The van der Waals surface area contributed by atoms with Gasteiger partial charge >= 0.3 is 0 Å². The largest absolute Gasteiger partial charge is 0.464 e. The fourth-order valence-corrected chi connectivity index (χ4v) is 2.70. The fourth-order valence-electron chi connectivity index (χ4n) is 2.70. The first-order valence-electron chi connectivity index (χ1n) is 6.72. The van der Waals surface area contributed by atoms with Gasteiger partial charge in [-0.1, -0.05) is 6.92 Å². The molecule has 1 saturated heterocycles. The molecule has 3 rings (SSSR count). The maximum atomic E-state index is 5.41. The lowest BCUT2D eigenvalue weighted by molar-refractivity contribution is 0.447. The topological polar surface area (TPSA) is 16.4 Å². The van der Waals surface area contributed by atoms with Crippen molar-refractivity contribution in [2.45, 2.75) is 19.8 Å². The van der Waals surface area contributed by atoms with Gasteiger partial charge in [0, 0.05) is 24.3 Å². The van der Waals surface area contributed by atoms with Crippen LogP contribution < -0.4 is 4.90 Å². The van der Waals surface area contributed by atoms with Crippen LogP contribution in [0.15, 0.2) is 47.1 Å². The molecule has 0 N–H and O–H groups in total. The van der Waals surface area contributed by atoms with E-state index in [1.165, 1.54) is 31.6 Å². The Kier molecular flexibility index (Phi) is 3.09. The molecular formula is C16H19NO. The van der Waals surface area contributed by atoms with Crippen LogP contribution in [-0.4, -0.2) is 13.1 Å². The minimum Gasteiger partial charge on any atom is -0.464 e. The molecule has 0 aliphatic carbocycles. The van der Waals surface area contributed by atoms with E-state index in [4.69, 9.17) is 4.42 Å². The molecule has 2 heterocycles. The third-order valence-corrected chi connectivity index (χ3v) is 3.70. The van der Waals surface area contributed by atoms with Gasteiger partial charge in [-0.25, -0.2) is 0 Å². The monoisotopic (exact) mass is 241 g/mol. The number of benzene rings is 1. The molecule has 1 aromatic carbocycles. The third-order valence-electron chi connectivity index (χ3n) is 3.70. The highest BCUT2D eigenvalue weighted by Gasteiger charge is 2.16. The van der Waals surface area contributed by atoms with Gasteiger partial charge in [-0.2, -0.15) is 0 Å². The first-order chi connectivity index (χ1) is 8.83. The number of piperidine rings is 1. The Balaban J connectivity index is 1.78. The van der Waals surface area contributed by atoms with Crippen LogP contribution in [0, 0.1) is 5.92 Å². The zero-order valence-electron chi connectivity index (χ0n) is 10.8. The van der Waals surface area contributed by atoms with Gasteiger partial charge in [-0.15, -0.1) is 0 Å². The Hall–Kier alpha value is -1.70. The molecule has 2 nitrogen and oxygen atoms in total. The molecular weight excluding hydrogens is 222 g/mol. The van der Waals surface area contributed by atoms with Crippen LogP contribution in [0.25, 0.3) is 11.3 Å². The average molecular weight is 241 g/mol. The minimum absolute atomic E-state index is 0.809. The maximum absolute atomic E-state index is 5.41. The Morgan fingerprint density at radius 1 is 1.17 bits per heavy atom. The summed E-state index contributed by atoms with van der Waals surface area (Å²) in [4.78, 5) is 2.49. The van der Waals surface area contributed by atoms with Gasteiger partial charge in [0.15, 0.2) is 0 Å². The summed E-state index contributed by atoms with van der Waals surface area (Å²) in [6, 6.07) is 12.6. The molecule has 1 aliphatic heterocycles. The molecule has 2 aromatic rings. The Labute approximate surface area is 108 Å². The van der Waals surface area contributed by atoms with E-state index in [1.807, 2.05) is 12.1 Å². The normalized spacial score (nSPS) is 20.1. The molecule has 1 aliphatic rings. The molecule has 18 heavy (non-hydrogen) atoms. The average Bonchev–Trinajstić information content (AvgIpc) is 2.93. The summed E-state index contributed by atoms with van der Waals surface area (Å²) in [5, 5.41) is 0. The van der Waals surface area contributed by atoms with Crippen LogP contribution in [0.2, 0.25) is 0 Å². The highest BCUT2D eigenvalue weighted by molar-refractivity contribution is 5.61. The summed E-state index contributed by atoms with van der Waals surface area (Å²) in [7, 11) is 0. The highest BCUT2D eigenvalue weighted by atomic mass is 16.3. The maximum Gasteiger partial charge on any atom is 0.133 e. The quantitative estimate of drug-likeness (QED) is 0.784. The number of anilines is 1. The van der Waals surface area contributed by atoms with Crippen LogP contribution in [0.5, 0.6) is 0 Å². The van der Waals surface area contributed by atoms with Crippen molar-refractivity contribution >= 4 is 5.69 Å². The second-order valence-corrected chi connectivity index (χ2v) is 5.22. The van der Waals surface area contributed by atoms with E-state index >= 15 is 0 Å². The predicted molar refractivity (Wildman–Crippen MR) is 74.8 cm³/mol. The second kappa shape index (κ2) is 4.89. The molecule has 0 radical (unpaired) electrons. The third kappa shape index (κ3) is 2.28. The molecule has 1 atom stereocenters. The molecule has 0 saturated carbocycles. The molecule has 0 amide bonds. The van der Waals surface area contributed by atoms with Gasteiger partial charge in [0.1, 0.15) is 5.76 Å². The smallest absolute Gasteiger partial charge is 0.133 e. The Morgan fingerprint density at radius 2 is 2.00 bits per heavy atom. The van der Waals surface area contributed by atoms with Gasteiger partial charge in [-0.05, 0) is 55.2 Å². The van der Waals surface area contributed by atoms with Gasteiger partial charge < -0.3 is 9.32 Å². The van der Waals surface area contributed by atoms with Crippen molar-refractivity contribution in [1.29, 1.82) is 0 Å². The molecule has 1 unspecified atom stereocenters. The van der Waals surface area contributed by atoms with Crippen molar-refractivity contribution in [3.63, 3.8) is 0 Å². The van der Waals surface area contributed by atoms with E-state index in [1.54, 1.807) is 6.26 Å².